The normalized spacial score (nSPS) is 15.7. The number of amides is 2. The van der Waals surface area contributed by atoms with Crippen molar-refractivity contribution in [3.8, 4) is 0 Å². The lowest BCUT2D eigenvalue weighted by molar-refractivity contribution is 0.190. The lowest BCUT2D eigenvalue weighted by atomic mass is 10.2. The van der Waals surface area contributed by atoms with E-state index in [9.17, 15) is 4.79 Å². The van der Waals surface area contributed by atoms with Crippen molar-refractivity contribution in [1.82, 2.24) is 15.5 Å². The van der Waals surface area contributed by atoms with Gasteiger partial charge in [-0.2, -0.15) is 0 Å². The fourth-order valence-electron chi connectivity index (χ4n) is 1.79. The number of carbonyl (C=O) groups is 1. The molecule has 5 heteroatoms. The van der Waals surface area contributed by atoms with Crippen LogP contribution in [0.15, 0.2) is 24.3 Å². The van der Waals surface area contributed by atoms with Crippen LogP contribution in [0.2, 0.25) is 5.02 Å². The third-order valence-electron chi connectivity index (χ3n) is 2.79. The molecule has 0 aliphatic carbocycles. The molecular formula is C12H16ClN3O. The molecule has 1 aromatic carbocycles. The van der Waals surface area contributed by atoms with Crippen LogP contribution in [0.5, 0.6) is 0 Å². The van der Waals surface area contributed by atoms with Crippen LogP contribution in [0.3, 0.4) is 0 Å². The maximum atomic E-state index is 11.8. The molecule has 0 saturated carbocycles. The molecule has 2 N–H and O–H groups in total. The van der Waals surface area contributed by atoms with Crippen molar-refractivity contribution in [1.29, 1.82) is 0 Å². The molecule has 1 aliphatic rings. The minimum atomic E-state index is -0.0218. The Balaban J connectivity index is 1.85. The van der Waals surface area contributed by atoms with Crippen LogP contribution >= 0.6 is 11.6 Å². The van der Waals surface area contributed by atoms with Gasteiger partial charge in [-0.25, -0.2) is 4.79 Å². The molecule has 2 rings (SSSR count). The molecule has 92 valence electrons. The first-order valence-electron chi connectivity index (χ1n) is 5.74. The Hall–Kier alpha value is -1.26. The maximum Gasteiger partial charge on any atom is 0.317 e. The molecule has 1 saturated heterocycles. The zero-order valence-electron chi connectivity index (χ0n) is 9.58. The molecular weight excluding hydrogens is 238 g/mol. The first kappa shape index (κ1) is 12.2. The first-order chi connectivity index (χ1) is 8.27. The predicted molar refractivity (Wildman–Crippen MR) is 68.1 cm³/mol. The van der Waals surface area contributed by atoms with E-state index in [0.717, 1.165) is 31.7 Å². The van der Waals surface area contributed by atoms with Crippen molar-refractivity contribution in [2.45, 2.75) is 6.54 Å². The van der Waals surface area contributed by atoms with E-state index in [2.05, 4.69) is 10.6 Å². The topological polar surface area (TPSA) is 44.4 Å². The molecule has 17 heavy (non-hydrogen) atoms. The van der Waals surface area contributed by atoms with Gasteiger partial charge in [0.2, 0.25) is 0 Å². The van der Waals surface area contributed by atoms with Gasteiger partial charge in [0.1, 0.15) is 0 Å². The van der Waals surface area contributed by atoms with Crippen LogP contribution in [-0.2, 0) is 6.54 Å². The fraction of sp³-hybridized carbons (Fsp3) is 0.417. The zero-order chi connectivity index (χ0) is 12.1. The van der Waals surface area contributed by atoms with Crippen molar-refractivity contribution >= 4 is 17.6 Å². The number of carbonyl (C=O) groups excluding carboxylic acids is 1. The monoisotopic (exact) mass is 253 g/mol. The smallest absolute Gasteiger partial charge is 0.317 e. The molecule has 1 heterocycles. The van der Waals surface area contributed by atoms with Gasteiger partial charge < -0.3 is 15.5 Å². The Morgan fingerprint density at radius 2 is 2.06 bits per heavy atom. The highest BCUT2D eigenvalue weighted by Gasteiger charge is 2.15. The first-order valence-corrected chi connectivity index (χ1v) is 6.12. The van der Waals surface area contributed by atoms with Gasteiger partial charge in [0, 0.05) is 37.7 Å². The van der Waals surface area contributed by atoms with Gasteiger partial charge in [0.05, 0.1) is 0 Å². The molecule has 0 radical (unpaired) electrons. The SMILES string of the molecule is O=C(NCc1ccccc1Cl)N1CCNCC1. The van der Waals surface area contributed by atoms with E-state index in [-0.39, 0.29) is 6.03 Å². The second kappa shape index (κ2) is 5.89. The molecule has 0 aromatic heterocycles. The zero-order valence-corrected chi connectivity index (χ0v) is 10.3. The number of piperazine rings is 1. The molecule has 0 unspecified atom stereocenters. The molecule has 1 fully saturated rings. The van der Waals surface area contributed by atoms with Gasteiger partial charge in [0.25, 0.3) is 0 Å². The number of rotatable bonds is 2. The van der Waals surface area contributed by atoms with Gasteiger partial charge in [-0.05, 0) is 11.6 Å². The summed E-state index contributed by atoms with van der Waals surface area (Å²) in [5.41, 5.74) is 0.942. The molecule has 0 spiro atoms. The van der Waals surface area contributed by atoms with Gasteiger partial charge >= 0.3 is 6.03 Å². The lowest BCUT2D eigenvalue weighted by Crippen LogP contribution is -2.50. The second-order valence-corrected chi connectivity index (χ2v) is 4.39. The second-order valence-electron chi connectivity index (χ2n) is 3.99. The average Bonchev–Trinajstić information content (AvgIpc) is 2.38. The molecule has 1 aliphatic heterocycles. The molecule has 0 atom stereocenters. The van der Waals surface area contributed by atoms with Crippen LogP contribution in [0.1, 0.15) is 5.56 Å². The number of urea groups is 1. The summed E-state index contributed by atoms with van der Waals surface area (Å²) in [6, 6.07) is 7.52. The third-order valence-corrected chi connectivity index (χ3v) is 3.16. The number of nitrogens with one attached hydrogen (secondary N) is 2. The van der Waals surface area contributed by atoms with Crippen molar-refractivity contribution in [2.75, 3.05) is 26.2 Å². The van der Waals surface area contributed by atoms with Crippen LogP contribution in [0.25, 0.3) is 0 Å². The van der Waals surface area contributed by atoms with E-state index >= 15 is 0 Å². The fourth-order valence-corrected chi connectivity index (χ4v) is 1.99. The minimum Gasteiger partial charge on any atom is -0.334 e. The number of benzene rings is 1. The van der Waals surface area contributed by atoms with E-state index in [1.165, 1.54) is 0 Å². The van der Waals surface area contributed by atoms with Crippen LogP contribution in [-0.4, -0.2) is 37.1 Å². The van der Waals surface area contributed by atoms with Crippen molar-refractivity contribution < 1.29 is 4.79 Å². The summed E-state index contributed by atoms with van der Waals surface area (Å²) in [7, 11) is 0. The maximum absolute atomic E-state index is 11.8. The number of hydrogen-bond acceptors (Lipinski definition) is 2. The Bertz CT molecular complexity index is 391. The largest absolute Gasteiger partial charge is 0.334 e. The lowest BCUT2D eigenvalue weighted by Gasteiger charge is -2.27. The van der Waals surface area contributed by atoms with Crippen molar-refractivity contribution in [2.24, 2.45) is 0 Å². The summed E-state index contributed by atoms with van der Waals surface area (Å²) in [5.74, 6) is 0. The van der Waals surface area contributed by atoms with E-state index in [4.69, 9.17) is 11.6 Å². The highest BCUT2D eigenvalue weighted by atomic mass is 35.5. The Morgan fingerprint density at radius 1 is 1.35 bits per heavy atom. The van der Waals surface area contributed by atoms with Crippen molar-refractivity contribution in [3.05, 3.63) is 34.9 Å². The summed E-state index contributed by atoms with van der Waals surface area (Å²) in [6.07, 6.45) is 0. The van der Waals surface area contributed by atoms with Gasteiger partial charge in [-0.15, -0.1) is 0 Å². The van der Waals surface area contributed by atoms with E-state index in [1.807, 2.05) is 29.2 Å². The number of halogens is 1. The van der Waals surface area contributed by atoms with Gasteiger partial charge in [-0.1, -0.05) is 29.8 Å². The van der Waals surface area contributed by atoms with Crippen molar-refractivity contribution in [3.63, 3.8) is 0 Å². The van der Waals surface area contributed by atoms with Gasteiger partial charge in [0.15, 0.2) is 0 Å². The Morgan fingerprint density at radius 3 is 2.76 bits per heavy atom. The number of nitrogens with zero attached hydrogens (tertiary/aromatic N) is 1. The van der Waals surface area contributed by atoms with E-state index in [0.29, 0.717) is 11.6 Å². The highest BCUT2D eigenvalue weighted by molar-refractivity contribution is 6.31. The molecule has 1 aromatic rings. The predicted octanol–water partition coefficient (Wildman–Crippen LogP) is 1.45. The van der Waals surface area contributed by atoms with Crippen LogP contribution < -0.4 is 10.6 Å². The summed E-state index contributed by atoms with van der Waals surface area (Å²) in [4.78, 5) is 13.6. The number of hydrogen-bond donors (Lipinski definition) is 2. The molecule has 0 bridgehead atoms. The average molecular weight is 254 g/mol. The van der Waals surface area contributed by atoms with E-state index < -0.39 is 0 Å². The van der Waals surface area contributed by atoms with Crippen LogP contribution in [0, 0.1) is 0 Å². The van der Waals surface area contributed by atoms with E-state index in [1.54, 1.807) is 0 Å². The molecule has 4 nitrogen and oxygen atoms in total. The Kier molecular flexibility index (Phi) is 4.23. The quantitative estimate of drug-likeness (QED) is 0.838. The summed E-state index contributed by atoms with van der Waals surface area (Å²) >= 11 is 6.02. The van der Waals surface area contributed by atoms with Crippen LogP contribution in [0.4, 0.5) is 4.79 Å². The highest BCUT2D eigenvalue weighted by Crippen LogP contribution is 2.14. The third kappa shape index (κ3) is 3.35. The van der Waals surface area contributed by atoms with Gasteiger partial charge in [-0.3, -0.25) is 0 Å². The summed E-state index contributed by atoms with van der Waals surface area (Å²) < 4.78 is 0. The Labute approximate surface area is 106 Å². The standard InChI is InChI=1S/C12H16ClN3O/c13-11-4-2-1-3-10(11)9-15-12(17)16-7-5-14-6-8-16/h1-4,14H,5-9H2,(H,15,17). The molecule has 2 amide bonds. The summed E-state index contributed by atoms with van der Waals surface area (Å²) in [5, 5.41) is 6.78. The minimum absolute atomic E-state index is 0.0218. The summed E-state index contributed by atoms with van der Waals surface area (Å²) in [6.45, 7) is 3.71.